The van der Waals surface area contributed by atoms with Crippen molar-refractivity contribution in [3.05, 3.63) is 35.7 Å². The average molecular weight is 329 g/mol. The van der Waals surface area contributed by atoms with E-state index in [9.17, 15) is 4.79 Å². The Balaban J connectivity index is 1.70. The van der Waals surface area contributed by atoms with Gasteiger partial charge in [-0.25, -0.2) is 4.98 Å². The molecule has 0 saturated carbocycles. The zero-order chi connectivity index (χ0) is 17.3. The summed E-state index contributed by atoms with van der Waals surface area (Å²) in [6.45, 7) is 8.12. The minimum absolute atomic E-state index is 0.0862. The number of likely N-dealkylation sites (tertiary alicyclic amines) is 1. The van der Waals surface area contributed by atoms with Crippen LogP contribution in [0.2, 0.25) is 0 Å². The molecule has 0 spiro atoms. The first-order valence-electron chi connectivity index (χ1n) is 8.77. The molecular formula is C18H27N5O. The second-order valence-electron chi connectivity index (χ2n) is 7.08. The molecule has 1 aliphatic rings. The van der Waals surface area contributed by atoms with Crippen LogP contribution in [-0.4, -0.2) is 43.2 Å². The van der Waals surface area contributed by atoms with E-state index in [4.69, 9.17) is 0 Å². The fourth-order valence-electron chi connectivity index (χ4n) is 3.77. The van der Waals surface area contributed by atoms with Crippen molar-refractivity contribution in [1.29, 1.82) is 0 Å². The number of carbonyl (C=O) groups excluding carboxylic acids is 1. The van der Waals surface area contributed by atoms with Crippen molar-refractivity contribution in [1.82, 2.24) is 24.2 Å². The van der Waals surface area contributed by atoms with Gasteiger partial charge in [0.05, 0.1) is 0 Å². The minimum Gasteiger partial charge on any atom is -0.337 e. The highest BCUT2D eigenvalue weighted by atomic mass is 16.2. The quantitative estimate of drug-likeness (QED) is 0.866. The van der Waals surface area contributed by atoms with Crippen LogP contribution in [0.1, 0.15) is 54.7 Å². The third-order valence-electron chi connectivity index (χ3n) is 4.89. The van der Waals surface area contributed by atoms with Gasteiger partial charge in [0.1, 0.15) is 11.5 Å². The van der Waals surface area contributed by atoms with Crippen LogP contribution in [0, 0.1) is 12.8 Å². The summed E-state index contributed by atoms with van der Waals surface area (Å²) in [7, 11) is 1.82. The van der Waals surface area contributed by atoms with Gasteiger partial charge in [-0.2, -0.15) is 5.10 Å². The molecule has 0 radical (unpaired) electrons. The highest BCUT2D eigenvalue weighted by molar-refractivity contribution is 5.92. The van der Waals surface area contributed by atoms with Crippen LogP contribution < -0.4 is 0 Å². The van der Waals surface area contributed by atoms with Gasteiger partial charge in [0.15, 0.2) is 0 Å². The number of aryl methyl sites for hydroxylation is 2. The van der Waals surface area contributed by atoms with E-state index in [0.29, 0.717) is 17.7 Å². The highest BCUT2D eigenvalue weighted by Gasteiger charge is 2.27. The molecule has 2 aromatic heterocycles. The second kappa shape index (κ2) is 6.79. The van der Waals surface area contributed by atoms with E-state index in [1.807, 2.05) is 18.1 Å². The maximum Gasteiger partial charge on any atom is 0.272 e. The Hall–Kier alpha value is -2.11. The Labute approximate surface area is 143 Å². The van der Waals surface area contributed by atoms with Crippen molar-refractivity contribution < 1.29 is 4.79 Å². The van der Waals surface area contributed by atoms with E-state index >= 15 is 0 Å². The number of rotatable bonds is 4. The molecule has 1 fully saturated rings. The lowest BCUT2D eigenvalue weighted by Crippen LogP contribution is -2.41. The van der Waals surface area contributed by atoms with E-state index in [0.717, 1.165) is 38.2 Å². The lowest BCUT2D eigenvalue weighted by Gasteiger charge is -2.33. The molecule has 6 heteroatoms. The number of carbonyl (C=O) groups is 1. The Morgan fingerprint density at radius 3 is 2.88 bits per heavy atom. The van der Waals surface area contributed by atoms with E-state index in [1.165, 1.54) is 5.69 Å². The number of amides is 1. The molecule has 1 saturated heterocycles. The van der Waals surface area contributed by atoms with Crippen LogP contribution in [0.4, 0.5) is 0 Å². The summed E-state index contributed by atoms with van der Waals surface area (Å²) in [4.78, 5) is 19.3. The van der Waals surface area contributed by atoms with E-state index in [2.05, 4.69) is 35.4 Å². The van der Waals surface area contributed by atoms with Gasteiger partial charge in [0, 0.05) is 50.7 Å². The normalized spacial score (nSPS) is 18.4. The molecule has 6 nitrogen and oxygen atoms in total. The maximum absolute atomic E-state index is 12.7. The summed E-state index contributed by atoms with van der Waals surface area (Å²) in [5.41, 5.74) is 1.87. The standard InChI is InChI=1S/C18H27N5O/c1-13(2)23-14(3)11-19-17(23)10-15-6-5-9-22(12-15)18(24)16-7-8-20-21(16)4/h7-8,11,13,15H,5-6,9-10,12H2,1-4H3. The van der Waals surface area contributed by atoms with Crippen molar-refractivity contribution in [2.45, 2.75) is 46.1 Å². The molecule has 24 heavy (non-hydrogen) atoms. The smallest absolute Gasteiger partial charge is 0.272 e. The summed E-state index contributed by atoms with van der Waals surface area (Å²) >= 11 is 0. The van der Waals surface area contributed by atoms with Crippen molar-refractivity contribution in [3.8, 4) is 0 Å². The van der Waals surface area contributed by atoms with Crippen LogP contribution in [0.3, 0.4) is 0 Å². The molecule has 0 aromatic carbocycles. The number of hydrogen-bond acceptors (Lipinski definition) is 3. The predicted molar refractivity (Wildman–Crippen MR) is 92.9 cm³/mol. The summed E-state index contributed by atoms with van der Waals surface area (Å²) in [6, 6.07) is 2.21. The maximum atomic E-state index is 12.7. The van der Waals surface area contributed by atoms with E-state index < -0.39 is 0 Å². The van der Waals surface area contributed by atoms with Gasteiger partial charge < -0.3 is 9.47 Å². The third kappa shape index (κ3) is 3.23. The molecular weight excluding hydrogens is 302 g/mol. The van der Waals surface area contributed by atoms with Gasteiger partial charge in [-0.1, -0.05) is 0 Å². The molecule has 1 amide bonds. The van der Waals surface area contributed by atoms with Gasteiger partial charge in [-0.05, 0) is 45.6 Å². The Morgan fingerprint density at radius 1 is 1.42 bits per heavy atom. The first-order chi connectivity index (χ1) is 11.5. The summed E-state index contributed by atoms with van der Waals surface area (Å²) in [5.74, 6) is 1.70. The van der Waals surface area contributed by atoms with Crippen LogP contribution in [0.5, 0.6) is 0 Å². The van der Waals surface area contributed by atoms with Crippen LogP contribution in [0.15, 0.2) is 18.5 Å². The predicted octanol–water partition coefficient (Wildman–Crippen LogP) is 2.60. The lowest BCUT2D eigenvalue weighted by molar-refractivity contribution is 0.0660. The number of imidazole rings is 1. The molecule has 2 aromatic rings. The van der Waals surface area contributed by atoms with Gasteiger partial charge in [0.25, 0.3) is 5.91 Å². The zero-order valence-corrected chi connectivity index (χ0v) is 15.1. The number of nitrogens with zero attached hydrogens (tertiary/aromatic N) is 5. The Morgan fingerprint density at radius 2 is 2.21 bits per heavy atom. The molecule has 3 rings (SSSR count). The van der Waals surface area contributed by atoms with Gasteiger partial charge >= 0.3 is 0 Å². The second-order valence-corrected chi connectivity index (χ2v) is 7.08. The van der Waals surface area contributed by atoms with Crippen molar-refractivity contribution in [3.63, 3.8) is 0 Å². The highest BCUT2D eigenvalue weighted by Crippen LogP contribution is 2.23. The topological polar surface area (TPSA) is 56.0 Å². The monoisotopic (exact) mass is 329 g/mol. The van der Waals surface area contributed by atoms with Gasteiger partial charge in [-0.3, -0.25) is 9.48 Å². The molecule has 3 heterocycles. The van der Waals surface area contributed by atoms with Gasteiger partial charge in [0.2, 0.25) is 0 Å². The van der Waals surface area contributed by atoms with Crippen LogP contribution in [-0.2, 0) is 13.5 Å². The molecule has 1 aliphatic heterocycles. The largest absolute Gasteiger partial charge is 0.337 e. The zero-order valence-electron chi connectivity index (χ0n) is 15.1. The molecule has 1 unspecified atom stereocenters. The van der Waals surface area contributed by atoms with Gasteiger partial charge in [-0.15, -0.1) is 0 Å². The fraction of sp³-hybridized carbons (Fsp3) is 0.611. The van der Waals surface area contributed by atoms with Crippen molar-refractivity contribution in [2.75, 3.05) is 13.1 Å². The molecule has 130 valence electrons. The van der Waals surface area contributed by atoms with E-state index in [1.54, 1.807) is 16.9 Å². The number of aromatic nitrogens is 4. The fourth-order valence-corrected chi connectivity index (χ4v) is 3.77. The van der Waals surface area contributed by atoms with Crippen molar-refractivity contribution >= 4 is 5.91 Å². The number of hydrogen-bond donors (Lipinski definition) is 0. The molecule has 0 N–H and O–H groups in total. The minimum atomic E-state index is 0.0862. The first-order valence-corrected chi connectivity index (χ1v) is 8.77. The molecule has 0 bridgehead atoms. The van der Waals surface area contributed by atoms with E-state index in [-0.39, 0.29) is 5.91 Å². The first kappa shape index (κ1) is 16.7. The van der Waals surface area contributed by atoms with Crippen molar-refractivity contribution in [2.24, 2.45) is 13.0 Å². The number of piperidine rings is 1. The SMILES string of the molecule is Cc1cnc(CC2CCCN(C(=O)c3ccnn3C)C2)n1C(C)C. The summed E-state index contributed by atoms with van der Waals surface area (Å²) < 4.78 is 3.96. The Bertz CT molecular complexity index is 715. The Kier molecular flexibility index (Phi) is 4.73. The third-order valence-corrected chi connectivity index (χ3v) is 4.89. The summed E-state index contributed by atoms with van der Waals surface area (Å²) in [5, 5.41) is 4.11. The average Bonchev–Trinajstić information content (AvgIpc) is 3.13. The summed E-state index contributed by atoms with van der Waals surface area (Å²) in [6.07, 6.45) is 6.77. The van der Waals surface area contributed by atoms with Crippen LogP contribution in [0.25, 0.3) is 0 Å². The lowest BCUT2D eigenvalue weighted by atomic mass is 9.94. The molecule has 1 atom stereocenters. The molecule has 0 aliphatic carbocycles. The van der Waals surface area contributed by atoms with Crippen LogP contribution >= 0.6 is 0 Å².